The van der Waals surface area contributed by atoms with Crippen LogP contribution >= 0.6 is 7.92 Å². The second-order valence-corrected chi connectivity index (χ2v) is 12.3. The molecule has 0 atom stereocenters. The molecule has 1 aliphatic rings. The molecule has 4 heteroatoms. The molecule has 177 valence electrons. The van der Waals surface area contributed by atoms with E-state index in [4.69, 9.17) is 25.3 Å². The topological polar surface area (TPSA) is 0 Å². The fraction of sp³-hybridized carbons (Fsp3) is 0.345. The van der Waals surface area contributed by atoms with E-state index in [9.17, 15) is 0 Å². The van der Waals surface area contributed by atoms with Crippen LogP contribution in [0, 0.1) is 37.0 Å². The summed E-state index contributed by atoms with van der Waals surface area (Å²) in [7, 11) is -1.15. The van der Waals surface area contributed by atoms with E-state index < -0.39 is 7.92 Å². The Labute approximate surface area is 227 Å². The van der Waals surface area contributed by atoms with Gasteiger partial charge in [-0.05, 0) is 53.9 Å². The Bertz CT molecular complexity index is 888. The van der Waals surface area contributed by atoms with Gasteiger partial charge < -0.3 is 32.7 Å². The average Bonchev–Trinajstić information content (AvgIpc) is 2.95. The molecular formula is C29H37PRuS2+. The predicted molar refractivity (Wildman–Crippen MR) is 150 cm³/mol. The first-order valence-corrected chi connectivity index (χ1v) is 13.6. The average molecular weight is 582 g/mol. The predicted octanol–water partition coefficient (Wildman–Crippen LogP) is 6.62. The zero-order valence-corrected chi connectivity index (χ0v) is 24.9. The monoisotopic (exact) mass is 582 g/mol. The number of benzene rings is 3. The third-order valence-electron chi connectivity index (χ3n) is 7.52. The molecule has 0 spiro atoms. The van der Waals surface area contributed by atoms with Crippen molar-refractivity contribution in [2.24, 2.45) is 29.6 Å². The van der Waals surface area contributed by atoms with Gasteiger partial charge in [0.05, 0.1) is 18.5 Å². The second kappa shape index (κ2) is 13.9. The van der Waals surface area contributed by atoms with E-state index in [0.29, 0.717) is 0 Å². The number of hydrogen-bond donors (Lipinski definition) is 0. The maximum atomic E-state index is 5.56. The minimum Gasteiger partial charge on any atom is -0.776 e. The Morgan fingerprint density at radius 1 is 0.515 bits per heavy atom. The van der Waals surface area contributed by atoms with E-state index in [1.54, 1.807) is 0 Å². The first-order valence-electron chi connectivity index (χ1n) is 11.3. The third-order valence-corrected chi connectivity index (χ3v) is 11.5. The Kier molecular flexibility index (Phi) is 12.7. The van der Waals surface area contributed by atoms with Crippen molar-refractivity contribution in [3.8, 4) is 0 Å². The van der Waals surface area contributed by atoms with E-state index >= 15 is 0 Å². The molecule has 1 fully saturated rings. The maximum Gasteiger partial charge on any atom is 3.00 e. The Morgan fingerprint density at radius 3 is 1.15 bits per heavy atom. The summed E-state index contributed by atoms with van der Waals surface area (Å²) >= 11 is 11.1. The zero-order valence-electron chi connectivity index (χ0n) is 20.6. The zero-order chi connectivity index (χ0) is 22.5. The Hall–Kier alpha value is -0.847. The van der Waals surface area contributed by atoms with Crippen molar-refractivity contribution < 1.29 is 19.5 Å². The van der Waals surface area contributed by atoms with Crippen molar-refractivity contribution in [1.82, 2.24) is 0 Å². The summed E-state index contributed by atoms with van der Waals surface area (Å²) < 4.78 is 0. The van der Waals surface area contributed by atoms with Crippen LogP contribution in [-0.2, 0) is 44.7 Å². The molecule has 0 unspecified atom stereocenters. The minimum atomic E-state index is -1.15. The summed E-state index contributed by atoms with van der Waals surface area (Å²) in [5.41, 5.74) is 0. The van der Waals surface area contributed by atoms with E-state index in [2.05, 4.69) is 83.1 Å². The first-order chi connectivity index (χ1) is 14.8. The minimum absolute atomic E-state index is 0. The molecule has 1 radical (unpaired) electrons. The fourth-order valence-corrected chi connectivity index (χ4v) is 8.33. The van der Waals surface area contributed by atoms with Gasteiger partial charge in [0.2, 0.25) is 0 Å². The second-order valence-electron chi connectivity index (χ2n) is 9.03. The first kappa shape index (κ1) is 30.2. The van der Waals surface area contributed by atoms with Crippen molar-refractivity contribution in [3.63, 3.8) is 0 Å². The molecule has 0 aliphatic heterocycles. The number of rotatable bonds is 3. The summed E-state index contributed by atoms with van der Waals surface area (Å²) in [6.45, 7) is 12.0. The maximum absolute atomic E-state index is 5.56. The van der Waals surface area contributed by atoms with Gasteiger partial charge in [0.25, 0.3) is 0 Å². The van der Waals surface area contributed by atoms with Crippen LogP contribution in [-0.4, -0.2) is 0 Å². The van der Waals surface area contributed by atoms with Crippen LogP contribution in [0.5, 0.6) is 0 Å². The smallest absolute Gasteiger partial charge is 0.776 e. The van der Waals surface area contributed by atoms with Gasteiger partial charge in [-0.15, -0.1) is 9.79 Å². The summed E-state index contributed by atoms with van der Waals surface area (Å²) in [4.78, 5) is 1.85. The van der Waals surface area contributed by atoms with Gasteiger partial charge in [0, 0.05) is 0 Å². The van der Waals surface area contributed by atoms with Gasteiger partial charge in [-0.3, -0.25) is 0 Å². The third kappa shape index (κ3) is 7.08. The van der Waals surface area contributed by atoms with Crippen LogP contribution in [0.2, 0.25) is 0 Å². The molecule has 3 aromatic carbocycles. The summed E-state index contributed by atoms with van der Waals surface area (Å²) in [5, 5.41) is 3.79. The van der Waals surface area contributed by atoms with Crippen molar-refractivity contribution in [1.29, 1.82) is 0 Å². The van der Waals surface area contributed by atoms with Gasteiger partial charge >= 0.3 is 19.5 Å². The Balaban J connectivity index is 0.000000388. The van der Waals surface area contributed by atoms with Gasteiger partial charge in [-0.2, -0.15) is 0 Å². The molecule has 0 amide bonds. The van der Waals surface area contributed by atoms with Gasteiger partial charge in [-0.1, -0.05) is 89.2 Å². The van der Waals surface area contributed by atoms with Crippen LogP contribution in [0.1, 0.15) is 34.6 Å². The molecule has 33 heavy (non-hydrogen) atoms. The fourth-order valence-electron chi connectivity index (χ4n) is 4.80. The van der Waals surface area contributed by atoms with Crippen LogP contribution in [0.15, 0.2) is 88.7 Å². The van der Waals surface area contributed by atoms with Gasteiger partial charge in [0.1, 0.15) is 5.30 Å². The standard InChI is InChI=1S/C18H15PS2.C10H20.CH3.Ru/c20-17-12-6-4-10-15(17)19(14-8-2-1-3-9-14)16-11-5-7-13-18(16)21;1-6-7(2)9(4)10(5)8(6)3;;/h1-13,20-21H;6-10H,1-5H3;1H3;/q;;-1;+3/p-1. The van der Waals surface area contributed by atoms with Gasteiger partial charge in [0.15, 0.2) is 0 Å². The van der Waals surface area contributed by atoms with Crippen molar-refractivity contribution >= 4 is 49.1 Å². The van der Waals surface area contributed by atoms with Gasteiger partial charge in [-0.25, -0.2) is 0 Å². The van der Waals surface area contributed by atoms with Crippen molar-refractivity contribution in [2.75, 3.05) is 0 Å². The van der Waals surface area contributed by atoms with E-state index in [-0.39, 0.29) is 26.9 Å². The van der Waals surface area contributed by atoms with Crippen LogP contribution in [0.4, 0.5) is 0 Å². The molecule has 3 aromatic rings. The molecule has 0 saturated heterocycles. The van der Waals surface area contributed by atoms with E-state index in [0.717, 1.165) is 39.4 Å². The molecule has 0 N–H and O–H groups in total. The van der Waals surface area contributed by atoms with Crippen LogP contribution < -0.4 is 15.9 Å². The SMILES string of the molecule is CC1C(C)C(C)C(C)C1C.[CH3-].[Ru+3].[S-]c1ccccc1[PH+](c1ccccc1)c1ccccc1[S-]. The quantitative estimate of drug-likeness (QED) is 0.148. The molecule has 0 aromatic heterocycles. The molecule has 0 bridgehead atoms. The van der Waals surface area contributed by atoms with Crippen LogP contribution in [0.25, 0.3) is 0 Å². The van der Waals surface area contributed by atoms with Crippen molar-refractivity contribution in [3.05, 3.63) is 86.3 Å². The molecule has 1 saturated carbocycles. The molecule has 4 rings (SSSR count). The molecule has 0 heterocycles. The summed E-state index contributed by atoms with van der Waals surface area (Å²) in [5.74, 6) is 4.68. The summed E-state index contributed by atoms with van der Waals surface area (Å²) in [6.07, 6.45) is 0. The van der Waals surface area contributed by atoms with Crippen molar-refractivity contribution in [2.45, 2.75) is 44.4 Å². The van der Waals surface area contributed by atoms with E-state index in [1.165, 1.54) is 15.9 Å². The molecule has 1 aliphatic carbocycles. The molecule has 0 nitrogen and oxygen atoms in total. The normalized spacial score (nSPS) is 23.6. The van der Waals surface area contributed by atoms with Crippen LogP contribution in [0.3, 0.4) is 0 Å². The molecular weight excluding hydrogens is 544 g/mol. The summed E-state index contributed by atoms with van der Waals surface area (Å²) in [6, 6.07) is 27.0. The largest absolute Gasteiger partial charge is 3.00 e. The van der Waals surface area contributed by atoms with E-state index in [1.807, 2.05) is 30.3 Å². The Morgan fingerprint density at radius 2 is 0.818 bits per heavy atom. The number of hydrogen-bond acceptors (Lipinski definition) is 2.